The summed E-state index contributed by atoms with van der Waals surface area (Å²) in [5, 5.41) is 5.67. The van der Waals surface area contributed by atoms with Crippen LogP contribution in [-0.4, -0.2) is 29.3 Å². The highest BCUT2D eigenvalue weighted by Crippen LogP contribution is 2.32. The number of nitrogens with one attached hydrogen (secondary N) is 2. The van der Waals surface area contributed by atoms with E-state index >= 15 is 0 Å². The molecule has 2 aromatic carbocycles. The third-order valence-corrected chi connectivity index (χ3v) is 5.31. The molecule has 0 aliphatic carbocycles. The Kier molecular flexibility index (Phi) is 5.49. The van der Waals surface area contributed by atoms with Crippen molar-refractivity contribution >= 4 is 17.8 Å². The Morgan fingerprint density at radius 1 is 1.11 bits per heavy atom. The summed E-state index contributed by atoms with van der Waals surface area (Å²) in [6.45, 7) is 5.39. The molecule has 28 heavy (non-hydrogen) atoms. The monoisotopic (exact) mass is 379 g/mol. The van der Waals surface area contributed by atoms with E-state index in [1.54, 1.807) is 0 Å². The van der Waals surface area contributed by atoms with Crippen molar-refractivity contribution in [1.82, 2.24) is 15.5 Å². The van der Waals surface area contributed by atoms with Gasteiger partial charge in [0.2, 0.25) is 5.91 Å². The van der Waals surface area contributed by atoms with Crippen LogP contribution in [0.1, 0.15) is 43.0 Å². The summed E-state index contributed by atoms with van der Waals surface area (Å²) >= 11 is 0. The van der Waals surface area contributed by atoms with Crippen molar-refractivity contribution < 1.29 is 14.4 Å². The number of amides is 4. The summed E-state index contributed by atoms with van der Waals surface area (Å²) in [5.74, 6) is -0.774. The first-order valence-electron chi connectivity index (χ1n) is 9.43. The molecule has 1 aliphatic rings. The number of urea groups is 1. The molecule has 4 amide bonds. The van der Waals surface area contributed by atoms with E-state index in [4.69, 9.17) is 0 Å². The lowest BCUT2D eigenvalue weighted by molar-refractivity contribution is -0.135. The van der Waals surface area contributed by atoms with Crippen molar-refractivity contribution in [3.63, 3.8) is 0 Å². The smallest absolute Gasteiger partial charge is 0.325 e. The Labute approximate surface area is 164 Å². The summed E-state index contributed by atoms with van der Waals surface area (Å²) in [5.41, 5.74) is 1.66. The third kappa shape index (κ3) is 3.50. The summed E-state index contributed by atoms with van der Waals surface area (Å²) < 4.78 is 0. The van der Waals surface area contributed by atoms with Crippen LogP contribution in [0.4, 0.5) is 4.79 Å². The fourth-order valence-electron chi connectivity index (χ4n) is 3.71. The molecule has 0 saturated carbocycles. The second-order valence-corrected chi connectivity index (χ2v) is 7.09. The Bertz CT molecular complexity index is 897. The van der Waals surface area contributed by atoms with Crippen LogP contribution in [0.3, 0.4) is 0 Å². The lowest BCUT2D eigenvalue weighted by atomic mass is 9.87. The fourth-order valence-corrected chi connectivity index (χ4v) is 3.71. The predicted octanol–water partition coefficient (Wildman–Crippen LogP) is 3.03. The van der Waals surface area contributed by atoms with Crippen LogP contribution in [0.15, 0.2) is 54.6 Å². The molecular formula is C22H25N3O3. The van der Waals surface area contributed by atoms with Gasteiger partial charge in [0, 0.05) is 0 Å². The number of hydrogen-bond acceptors (Lipinski definition) is 3. The molecule has 2 aromatic rings. The van der Waals surface area contributed by atoms with Gasteiger partial charge in [-0.25, -0.2) is 4.79 Å². The molecule has 0 bridgehead atoms. The first kappa shape index (κ1) is 19.6. The lowest BCUT2D eigenvalue weighted by Crippen LogP contribution is -2.45. The molecule has 6 nitrogen and oxygen atoms in total. The number of hydrogen-bond donors (Lipinski definition) is 2. The number of benzene rings is 2. The minimum atomic E-state index is -1.12. The number of aryl methyl sites for hydroxylation is 1. The van der Waals surface area contributed by atoms with Crippen LogP contribution in [0.25, 0.3) is 0 Å². The molecule has 6 heteroatoms. The topological polar surface area (TPSA) is 78.5 Å². The van der Waals surface area contributed by atoms with Gasteiger partial charge in [-0.2, -0.15) is 0 Å². The second kappa shape index (κ2) is 7.84. The van der Waals surface area contributed by atoms with Gasteiger partial charge in [-0.15, -0.1) is 0 Å². The average molecular weight is 379 g/mol. The van der Waals surface area contributed by atoms with Gasteiger partial charge < -0.3 is 10.6 Å². The standard InChI is InChI=1S/C22H25N3O3/c1-4-22(17-11-6-5-7-12-17)20(27)25(21(28)24-22)14-19(26)23-16(3)18-13-9-8-10-15(18)2/h5-13,16H,4,14H2,1-3H3,(H,23,26)(H,24,28). The first-order chi connectivity index (χ1) is 13.4. The van der Waals surface area contributed by atoms with Gasteiger partial charge in [-0.05, 0) is 37.0 Å². The van der Waals surface area contributed by atoms with Gasteiger partial charge in [0.05, 0.1) is 6.04 Å². The number of carbonyl (C=O) groups excluding carboxylic acids is 3. The van der Waals surface area contributed by atoms with E-state index in [1.165, 1.54) is 0 Å². The van der Waals surface area contributed by atoms with Crippen LogP contribution < -0.4 is 10.6 Å². The summed E-state index contributed by atoms with van der Waals surface area (Å²) in [6.07, 6.45) is 0.402. The molecule has 2 N–H and O–H groups in total. The van der Waals surface area contributed by atoms with Crippen LogP contribution in [0.5, 0.6) is 0 Å². The molecular weight excluding hydrogens is 354 g/mol. The molecule has 1 fully saturated rings. The maximum absolute atomic E-state index is 13.1. The highest BCUT2D eigenvalue weighted by molar-refractivity contribution is 6.09. The zero-order valence-corrected chi connectivity index (χ0v) is 16.4. The summed E-state index contributed by atoms with van der Waals surface area (Å²) in [6, 6.07) is 16.1. The molecule has 3 rings (SSSR count). The molecule has 1 heterocycles. The van der Waals surface area contributed by atoms with E-state index in [2.05, 4.69) is 10.6 Å². The number of rotatable bonds is 6. The molecule has 0 radical (unpaired) electrons. The van der Waals surface area contributed by atoms with Crippen molar-refractivity contribution in [3.05, 3.63) is 71.3 Å². The molecule has 146 valence electrons. The van der Waals surface area contributed by atoms with Crippen molar-refractivity contribution in [3.8, 4) is 0 Å². The predicted molar refractivity (Wildman–Crippen MR) is 106 cm³/mol. The van der Waals surface area contributed by atoms with E-state index < -0.39 is 17.5 Å². The summed E-state index contributed by atoms with van der Waals surface area (Å²) in [7, 11) is 0. The average Bonchev–Trinajstić information content (AvgIpc) is 2.94. The third-order valence-electron chi connectivity index (χ3n) is 5.31. The van der Waals surface area contributed by atoms with Crippen molar-refractivity contribution in [2.45, 2.75) is 38.8 Å². The Morgan fingerprint density at radius 3 is 2.39 bits per heavy atom. The van der Waals surface area contributed by atoms with Crippen molar-refractivity contribution in [2.24, 2.45) is 0 Å². The van der Waals surface area contributed by atoms with Gasteiger partial charge >= 0.3 is 6.03 Å². The van der Waals surface area contributed by atoms with E-state index in [1.807, 2.05) is 75.4 Å². The van der Waals surface area contributed by atoms with E-state index in [-0.39, 0.29) is 18.5 Å². The Hall–Kier alpha value is -3.15. The van der Waals surface area contributed by atoms with Crippen LogP contribution in [0, 0.1) is 6.92 Å². The number of nitrogens with zero attached hydrogens (tertiary/aromatic N) is 1. The molecule has 2 atom stereocenters. The Balaban J connectivity index is 1.74. The van der Waals surface area contributed by atoms with E-state index in [0.29, 0.717) is 12.0 Å². The number of carbonyl (C=O) groups is 3. The largest absolute Gasteiger partial charge is 0.348 e. The quantitative estimate of drug-likeness (QED) is 0.757. The Morgan fingerprint density at radius 2 is 1.75 bits per heavy atom. The lowest BCUT2D eigenvalue weighted by Gasteiger charge is -2.25. The zero-order valence-electron chi connectivity index (χ0n) is 16.4. The fraction of sp³-hybridized carbons (Fsp3) is 0.318. The minimum Gasteiger partial charge on any atom is -0.348 e. The van der Waals surface area contributed by atoms with Gasteiger partial charge in [0.15, 0.2) is 0 Å². The molecule has 0 aromatic heterocycles. The van der Waals surface area contributed by atoms with Gasteiger partial charge in [0.1, 0.15) is 12.1 Å². The highest BCUT2D eigenvalue weighted by Gasteiger charge is 2.51. The SMILES string of the molecule is CCC1(c2ccccc2)NC(=O)N(CC(=O)NC(C)c2ccccc2C)C1=O. The molecule has 0 spiro atoms. The van der Waals surface area contributed by atoms with E-state index in [9.17, 15) is 14.4 Å². The second-order valence-electron chi connectivity index (χ2n) is 7.09. The normalized spacial score (nSPS) is 20.0. The van der Waals surface area contributed by atoms with E-state index in [0.717, 1.165) is 16.0 Å². The van der Waals surface area contributed by atoms with Crippen molar-refractivity contribution in [2.75, 3.05) is 6.54 Å². The number of imide groups is 1. The zero-order chi connectivity index (χ0) is 20.3. The van der Waals surface area contributed by atoms with Gasteiger partial charge in [0.25, 0.3) is 5.91 Å². The van der Waals surface area contributed by atoms with Crippen LogP contribution in [0.2, 0.25) is 0 Å². The van der Waals surface area contributed by atoms with Crippen LogP contribution in [-0.2, 0) is 15.1 Å². The maximum atomic E-state index is 13.1. The maximum Gasteiger partial charge on any atom is 0.325 e. The van der Waals surface area contributed by atoms with Crippen molar-refractivity contribution in [1.29, 1.82) is 0 Å². The first-order valence-corrected chi connectivity index (χ1v) is 9.43. The molecule has 1 saturated heterocycles. The van der Waals surface area contributed by atoms with Gasteiger partial charge in [-0.3, -0.25) is 14.5 Å². The highest BCUT2D eigenvalue weighted by atomic mass is 16.2. The summed E-state index contributed by atoms with van der Waals surface area (Å²) in [4.78, 5) is 39.1. The van der Waals surface area contributed by atoms with Crippen LogP contribution >= 0.6 is 0 Å². The van der Waals surface area contributed by atoms with Gasteiger partial charge in [-0.1, -0.05) is 61.5 Å². The molecule has 2 unspecified atom stereocenters. The molecule has 1 aliphatic heterocycles. The minimum absolute atomic E-state index is 0.223.